The Labute approximate surface area is 111 Å². The summed E-state index contributed by atoms with van der Waals surface area (Å²) in [5.41, 5.74) is 0.0431. The molecule has 0 aromatic rings. The number of rotatable bonds is 5. The topological polar surface area (TPSA) is 6.48 Å². The lowest BCUT2D eigenvalue weighted by molar-refractivity contribution is 0.135. The maximum atomic E-state index is 14.1. The van der Waals surface area contributed by atoms with Crippen LogP contribution in [0.1, 0.15) is 27.2 Å². The molecule has 0 amide bonds. The lowest BCUT2D eigenvalue weighted by atomic mass is 9.88. The van der Waals surface area contributed by atoms with Crippen LogP contribution in [-0.2, 0) is 0 Å². The largest absolute Gasteiger partial charge is 0.372 e. The highest BCUT2D eigenvalue weighted by Crippen LogP contribution is 2.29. The Bertz CT molecular complexity index is 296. The maximum absolute atomic E-state index is 14.1. The van der Waals surface area contributed by atoms with Gasteiger partial charge in [0.2, 0.25) is 0 Å². The van der Waals surface area contributed by atoms with Gasteiger partial charge in [0.05, 0.1) is 0 Å². The van der Waals surface area contributed by atoms with E-state index in [1.54, 1.807) is 19.9 Å². The van der Waals surface area contributed by atoms with Crippen molar-refractivity contribution in [2.45, 2.75) is 32.9 Å². The Kier molecular flexibility index (Phi) is 5.39. The van der Waals surface area contributed by atoms with Crippen LogP contribution in [0.25, 0.3) is 0 Å². The van der Waals surface area contributed by atoms with E-state index in [1.165, 1.54) is 5.70 Å². The Morgan fingerprint density at radius 2 is 1.89 bits per heavy atom. The Balaban J connectivity index is 2.65. The van der Waals surface area contributed by atoms with Crippen molar-refractivity contribution in [3.63, 3.8) is 0 Å². The summed E-state index contributed by atoms with van der Waals surface area (Å²) < 4.78 is 14.1. The molecule has 1 saturated heterocycles. The van der Waals surface area contributed by atoms with Crippen molar-refractivity contribution in [2.24, 2.45) is 5.92 Å². The first-order valence-electron chi connectivity index (χ1n) is 6.78. The number of hydrogen-bond acceptors (Lipinski definition) is 2. The van der Waals surface area contributed by atoms with Crippen LogP contribution in [0, 0.1) is 5.92 Å². The standard InChI is InChI=1S/C15H27FN2/c1-6-13(15(3,4)16)12-14(7-2)18-10-8-17(5)9-11-18/h6-7,13H,1,8-12H2,2-5H3/b14-7+. The molecule has 0 aliphatic carbocycles. The number of piperazine rings is 1. The molecule has 0 aromatic carbocycles. The minimum atomic E-state index is -1.21. The van der Waals surface area contributed by atoms with E-state index in [1.807, 2.05) is 6.92 Å². The molecule has 1 aliphatic rings. The molecule has 1 atom stereocenters. The first-order chi connectivity index (χ1) is 8.38. The van der Waals surface area contributed by atoms with E-state index in [0.717, 1.165) is 32.6 Å². The maximum Gasteiger partial charge on any atom is 0.112 e. The summed E-state index contributed by atoms with van der Waals surface area (Å²) in [6.07, 6.45) is 4.61. The van der Waals surface area contributed by atoms with Crippen LogP contribution in [0.3, 0.4) is 0 Å². The molecular formula is C15H27FN2. The SMILES string of the molecule is C=CC(C/C(=C\C)N1CCN(C)CC1)C(C)(C)F. The zero-order chi connectivity index (χ0) is 13.8. The van der Waals surface area contributed by atoms with Gasteiger partial charge >= 0.3 is 0 Å². The van der Waals surface area contributed by atoms with Gasteiger partial charge in [-0.3, -0.25) is 0 Å². The van der Waals surface area contributed by atoms with Crippen molar-refractivity contribution >= 4 is 0 Å². The molecule has 0 bridgehead atoms. The van der Waals surface area contributed by atoms with Crippen LogP contribution in [0.5, 0.6) is 0 Å². The van der Waals surface area contributed by atoms with Crippen molar-refractivity contribution in [3.05, 3.63) is 24.4 Å². The van der Waals surface area contributed by atoms with E-state index >= 15 is 0 Å². The minimum Gasteiger partial charge on any atom is -0.372 e. The first kappa shape index (κ1) is 15.2. The van der Waals surface area contributed by atoms with E-state index in [0.29, 0.717) is 0 Å². The Morgan fingerprint density at radius 3 is 2.28 bits per heavy atom. The van der Waals surface area contributed by atoms with Gasteiger partial charge < -0.3 is 9.80 Å². The van der Waals surface area contributed by atoms with Gasteiger partial charge in [-0.2, -0.15) is 0 Å². The second kappa shape index (κ2) is 6.37. The molecule has 3 heteroatoms. The van der Waals surface area contributed by atoms with E-state index in [2.05, 4.69) is 29.5 Å². The van der Waals surface area contributed by atoms with Crippen molar-refractivity contribution in [3.8, 4) is 0 Å². The molecule has 0 saturated carbocycles. The summed E-state index contributed by atoms with van der Waals surface area (Å²) in [7, 11) is 2.14. The van der Waals surface area contributed by atoms with E-state index < -0.39 is 5.67 Å². The molecule has 0 spiro atoms. The van der Waals surface area contributed by atoms with Crippen LogP contribution < -0.4 is 0 Å². The van der Waals surface area contributed by atoms with Crippen LogP contribution in [0.2, 0.25) is 0 Å². The summed E-state index contributed by atoms with van der Waals surface area (Å²) in [5, 5.41) is 0. The van der Waals surface area contributed by atoms with Crippen molar-refractivity contribution in [1.29, 1.82) is 0 Å². The van der Waals surface area contributed by atoms with Gasteiger partial charge in [-0.25, -0.2) is 4.39 Å². The quantitative estimate of drug-likeness (QED) is 0.696. The predicted octanol–water partition coefficient (Wildman–Crippen LogP) is 3.08. The molecule has 1 unspecified atom stereocenters. The molecule has 1 fully saturated rings. The fraction of sp³-hybridized carbons (Fsp3) is 0.733. The highest BCUT2D eigenvalue weighted by molar-refractivity contribution is 5.07. The minimum absolute atomic E-state index is 0.122. The number of nitrogens with zero attached hydrogens (tertiary/aromatic N) is 2. The lowest BCUT2D eigenvalue weighted by Gasteiger charge is -2.37. The van der Waals surface area contributed by atoms with Crippen LogP contribution in [-0.4, -0.2) is 48.7 Å². The van der Waals surface area contributed by atoms with E-state index in [9.17, 15) is 4.39 Å². The Morgan fingerprint density at radius 1 is 1.33 bits per heavy atom. The summed E-state index contributed by atoms with van der Waals surface area (Å²) in [6.45, 7) is 13.3. The van der Waals surface area contributed by atoms with Gasteiger partial charge in [0.25, 0.3) is 0 Å². The molecule has 0 N–H and O–H groups in total. The van der Waals surface area contributed by atoms with Gasteiger partial charge in [-0.05, 0) is 34.2 Å². The van der Waals surface area contributed by atoms with E-state index in [-0.39, 0.29) is 5.92 Å². The van der Waals surface area contributed by atoms with Crippen molar-refractivity contribution in [1.82, 2.24) is 9.80 Å². The number of alkyl halides is 1. The molecule has 2 nitrogen and oxygen atoms in total. The molecule has 104 valence electrons. The zero-order valence-corrected chi connectivity index (χ0v) is 12.2. The van der Waals surface area contributed by atoms with Gasteiger partial charge in [0.1, 0.15) is 5.67 Å². The summed E-state index contributed by atoms with van der Waals surface area (Å²) in [5.74, 6) is -0.122. The molecule has 0 radical (unpaired) electrons. The van der Waals surface area contributed by atoms with Crippen LogP contribution in [0.4, 0.5) is 4.39 Å². The van der Waals surface area contributed by atoms with E-state index in [4.69, 9.17) is 0 Å². The highest BCUT2D eigenvalue weighted by Gasteiger charge is 2.28. The number of likely N-dealkylation sites (N-methyl/N-ethyl adjacent to an activating group) is 1. The van der Waals surface area contributed by atoms with Crippen LogP contribution in [0.15, 0.2) is 24.4 Å². The summed E-state index contributed by atoms with van der Waals surface area (Å²) in [4.78, 5) is 4.70. The second-order valence-electron chi connectivity index (χ2n) is 5.68. The van der Waals surface area contributed by atoms with Gasteiger partial charge in [-0.15, -0.1) is 6.58 Å². The van der Waals surface area contributed by atoms with Gasteiger partial charge in [0, 0.05) is 37.8 Å². The smallest absolute Gasteiger partial charge is 0.112 e. The fourth-order valence-corrected chi connectivity index (χ4v) is 2.35. The van der Waals surface area contributed by atoms with Crippen molar-refractivity contribution < 1.29 is 4.39 Å². The molecular weight excluding hydrogens is 227 g/mol. The predicted molar refractivity (Wildman–Crippen MR) is 76.3 cm³/mol. The van der Waals surface area contributed by atoms with Gasteiger partial charge in [0.15, 0.2) is 0 Å². The monoisotopic (exact) mass is 254 g/mol. The molecule has 18 heavy (non-hydrogen) atoms. The first-order valence-corrected chi connectivity index (χ1v) is 6.78. The average Bonchev–Trinajstić information content (AvgIpc) is 2.30. The highest BCUT2D eigenvalue weighted by atomic mass is 19.1. The number of allylic oxidation sites excluding steroid dienone is 3. The number of hydrogen-bond donors (Lipinski definition) is 0. The lowest BCUT2D eigenvalue weighted by Crippen LogP contribution is -2.44. The fourth-order valence-electron chi connectivity index (χ4n) is 2.35. The van der Waals surface area contributed by atoms with Crippen LogP contribution >= 0.6 is 0 Å². The average molecular weight is 254 g/mol. The zero-order valence-electron chi connectivity index (χ0n) is 12.2. The third-order valence-electron chi connectivity index (χ3n) is 3.84. The molecule has 1 heterocycles. The van der Waals surface area contributed by atoms with Crippen molar-refractivity contribution in [2.75, 3.05) is 33.2 Å². The summed E-state index contributed by atoms with van der Waals surface area (Å²) >= 11 is 0. The third kappa shape index (κ3) is 4.13. The summed E-state index contributed by atoms with van der Waals surface area (Å²) in [6, 6.07) is 0. The molecule has 1 rings (SSSR count). The van der Waals surface area contributed by atoms with Gasteiger partial charge in [-0.1, -0.05) is 12.2 Å². The number of halogens is 1. The molecule has 1 aliphatic heterocycles. The molecule has 0 aromatic heterocycles. The third-order valence-corrected chi connectivity index (χ3v) is 3.84. The normalized spacial score (nSPS) is 20.9. The second-order valence-corrected chi connectivity index (χ2v) is 5.68. The Hall–Kier alpha value is -0.830.